The predicted molar refractivity (Wildman–Crippen MR) is 104 cm³/mol. The minimum atomic E-state index is -2.80. The number of aryl methyl sites for hydroxylation is 2. The molecule has 0 aliphatic rings. The molecule has 3 heterocycles. The minimum absolute atomic E-state index is 0.0330. The van der Waals surface area contributed by atoms with Crippen molar-refractivity contribution in [2.75, 3.05) is 5.73 Å². The van der Waals surface area contributed by atoms with Crippen LogP contribution in [0.25, 0.3) is 21.3 Å². The fourth-order valence-corrected chi connectivity index (χ4v) is 4.34. The maximum atomic E-state index is 13.5. The van der Waals surface area contributed by atoms with Crippen molar-refractivity contribution in [3.8, 4) is 0 Å². The number of pyridine rings is 1. The summed E-state index contributed by atoms with van der Waals surface area (Å²) in [6, 6.07) is 8.40. The molecule has 0 unspecified atom stereocenters. The van der Waals surface area contributed by atoms with E-state index in [0.717, 1.165) is 27.2 Å². The van der Waals surface area contributed by atoms with Crippen LogP contribution in [0.3, 0.4) is 0 Å². The Labute approximate surface area is 162 Å². The Morgan fingerprint density at radius 3 is 2.79 bits per heavy atom. The molecule has 0 aliphatic heterocycles. The first kappa shape index (κ1) is 18.3. The van der Waals surface area contributed by atoms with Crippen molar-refractivity contribution in [1.29, 1.82) is 0 Å². The number of fused-ring (bicyclic) bond motifs is 2. The molecule has 28 heavy (non-hydrogen) atoms. The van der Waals surface area contributed by atoms with Crippen LogP contribution >= 0.6 is 11.3 Å². The van der Waals surface area contributed by atoms with E-state index in [1.807, 2.05) is 19.9 Å². The highest BCUT2D eigenvalue weighted by molar-refractivity contribution is 7.21. The summed E-state index contributed by atoms with van der Waals surface area (Å²) in [5.74, 6) is -0.722. The first-order chi connectivity index (χ1) is 13.4. The molecule has 0 spiro atoms. The van der Waals surface area contributed by atoms with E-state index in [1.165, 1.54) is 0 Å². The number of carbonyl (C=O) groups is 1. The van der Waals surface area contributed by atoms with Gasteiger partial charge in [-0.3, -0.25) is 4.57 Å². The Morgan fingerprint density at radius 2 is 2.04 bits per heavy atom. The van der Waals surface area contributed by atoms with Gasteiger partial charge in [0.25, 0.3) is 0 Å². The normalized spacial score (nSPS) is 11.6. The van der Waals surface area contributed by atoms with E-state index in [4.69, 9.17) is 10.5 Å². The van der Waals surface area contributed by atoms with Crippen LogP contribution in [0.1, 0.15) is 33.3 Å². The number of hydrogen-bond donors (Lipinski definition) is 1. The van der Waals surface area contributed by atoms with Crippen LogP contribution in [0.5, 0.6) is 0 Å². The number of hydrogen-bond acceptors (Lipinski definition) is 6. The van der Waals surface area contributed by atoms with E-state index in [-0.39, 0.29) is 21.9 Å². The molecule has 0 atom stereocenters. The number of nitrogens with zero attached hydrogens (tertiary/aromatic N) is 3. The van der Waals surface area contributed by atoms with Gasteiger partial charge in [0.05, 0.1) is 16.7 Å². The van der Waals surface area contributed by atoms with E-state index in [9.17, 15) is 13.6 Å². The lowest BCUT2D eigenvalue weighted by atomic mass is 10.1. The molecule has 0 radical (unpaired) electrons. The van der Waals surface area contributed by atoms with Crippen LogP contribution in [0.4, 0.5) is 14.5 Å². The number of esters is 1. The minimum Gasteiger partial charge on any atom is -0.453 e. The van der Waals surface area contributed by atoms with Crippen LogP contribution < -0.4 is 5.73 Å². The number of nitrogen functional groups attached to an aromatic ring is 1. The van der Waals surface area contributed by atoms with E-state index in [2.05, 4.69) is 9.97 Å². The third-order valence-electron chi connectivity index (χ3n) is 4.41. The number of halogens is 2. The molecule has 3 aromatic heterocycles. The largest absolute Gasteiger partial charge is 0.453 e. The summed E-state index contributed by atoms with van der Waals surface area (Å²) in [7, 11) is 0. The number of rotatable bonds is 4. The number of alkyl halides is 2. The van der Waals surface area contributed by atoms with Gasteiger partial charge in [0.2, 0.25) is 0 Å². The standard InChI is InChI=1S/C19H16F2N4O2S/c1-9-7-10(2)23-17-14(9)15(22)16(28-17)18(26)27-8-13-24-11-5-3-4-6-12(11)25(13)19(20)21/h3-7,19H,8,22H2,1-2H3. The van der Waals surface area contributed by atoms with Crippen LogP contribution in [-0.4, -0.2) is 20.5 Å². The summed E-state index contributed by atoms with van der Waals surface area (Å²) in [4.78, 5) is 22.0. The lowest BCUT2D eigenvalue weighted by Crippen LogP contribution is -2.10. The number of nitrogens with two attached hydrogens (primary N) is 1. The van der Waals surface area contributed by atoms with Crippen molar-refractivity contribution in [2.45, 2.75) is 27.0 Å². The van der Waals surface area contributed by atoms with Gasteiger partial charge in [-0.15, -0.1) is 11.3 Å². The summed E-state index contributed by atoms with van der Waals surface area (Å²) in [6.45, 7) is 0.553. The van der Waals surface area contributed by atoms with Gasteiger partial charge in [0.15, 0.2) is 5.82 Å². The summed E-state index contributed by atoms with van der Waals surface area (Å²) < 4.78 is 33.0. The zero-order valence-electron chi connectivity index (χ0n) is 15.1. The summed E-state index contributed by atoms with van der Waals surface area (Å²) in [5.41, 5.74) is 8.83. The van der Waals surface area contributed by atoms with Gasteiger partial charge in [0.1, 0.15) is 16.3 Å². The quantitative estimate of drug-likeness (QED) is 0.505. The van der Waals surface area contributed by atoms with E-state index in [0.29, 0.717) is 15.7 Å². The molecule has 0 saturated heterocycles. The number of imidazole rings is 1. The molecule has 0 bridgehead atoms. The molecule has 1 aromatic carbocycles. The Kier molecular flexibility index (Phi) is 4.46. The Balaban J connectivity index is 1.65. The average Bonchev–Trinajstić information content (AvgIpc) is 3.17. The van der Waals surface area contributed by atoms with Crippen molar-refractivity contribution < 1.29 is 18.3 Å². The first-order valence-corrected chi connectivity index (χ1v) is 9.25. The third-order valence-corrected chi connectivity index (χ3v) is 5.49. The van der Waals surface area contributed by atoms with Gasteiger partial charge >= 0.3 is 12.5 Å². The monoisotopic (exact) mass is 402 g/mol. The smallest absolute Gasteiger partial charge is 0.350 e. The topological polar surface area (TPSA) is 83.0 Å². The molecule has 0 aliphatic carbocycles. The van der Waals surface area contributed by atoms with Gasteiger partial charge in [-0.2, -0.15) is 8.78 Å². The SMILES string of the molecule is Cc1cc(C)c2c(N)c(C(=O)OCc3nc4ccccc4n3C(F)F)sc2n1. The van der Waals surface area contributed by atoms with Crippen LogP contribution in [-0.2, 0) is 11.3 Å². The Morgan fingerprint density at radius 1 is 1.29 bits per heavy atom. The second-order valence-electron chi connectivity index (χ2n) is 6.35. The highest BCUT2D eigenvalue weighted by atomic mass is 32.1. The Bertz CT molecular complexity index is 1220. The van der Waals surface area contributed by atoms with Crippen molar-refractivity contribution >= 4 is 44.2 Å². The van der Waals surface area contributed by atoms with Gasteiger partial charge in [0, 0.05) is 11.1 Å². The van der Waals surface area contributed by atoms with Gasteiger partial charge in [-0.1, -0.05) is 12.1 Å². The zero-order chi connectivity index (χ0) is 20.0. The number of carbonyl (C=O) groups excluding carboxylic acids is 1. The number of anilines is 1. The third kappa shape index (κ3) is 2.97. The fraction of sp³-hybridized carbons (Fsp3) is 0.211. The molecule has 4 aromatic rings. The van der Waals surface area contributed by atoms with Crippen LogP contribution in [0.15, 0.2) is 30.3 Å². The van der Waals surface area contributed by atoms with Crippen molar-refractivity contribution in [1.82, 2.24) is 14.5 Å². The summed E-state index contributed by atoms with van der Waals surface area (Å²) in [6.07, 6.45) is 0. The fourth-order valence-electron chi connectivity index (χ4n) is 3.23. The molecule has 6 nitrogen and oxygen atoms in total. The Hall–Kier alpha value is -3.07. The molecule has 144 valence electrons. The first-order valence-electron chi connectivity index (χ1n) is 8.44. The molecular formula is C19H16F2N4O2S. The number of benzene rings is 1. The number of ether oxygens (including phenoxy) is 1. The highest BCUT2D eigenvalue weighted by Crippen LogP contribution is 2.35. The van der Waals surface area contributed by atoms with E-state index >= 15 is 0 Å². The second kappa shape index (κ2) is 6.83. The van der Waals surface area contributed by atoms with Crippen molar-refractivity contribution in [2.24, 2.45) is 0 Å². The van der Waals surface area contributed by atoms with Crippen LogP contribution in [0.2, 0.25) is 0 Å². The number of aromatic nitrogens is 3. The summed E-state index contributed by atoms with van der Waals surface area (Å²) >= 11 is 1.12. The second-order valence-corrected chi connectivity index (χ2v) is 7.35. The molecule has 0 fully saturated rings. The lowest BCUT2D eigenvalue weighted by Gasteiger charge is -2.08. The van der Waals surface area contributed by atoms with Gasteiger partial charge < -0.3 is 10.5 Å². The van der Waals surface area contributed by atoms with Crippen LogP contribution in [0, 0.1) is 13.8 Å². The average molecular weight is 402 g/mol. The van der Waals surface area contributed by atoms with Crippen molar-refractivity contribution in [3.05, 3.63) is 52.3 Å². The number of para-hydroxylation sites is 2. The van der Waals surface area contributed by atoms with Crippen molar-refractivity contribution in [3.63, 3.8) is 0 Å². The molecule has 0 amide bonds. The van der Waals surface area contributed by atoms with Gasteiger partial charge in [-0.05, 0) is 37.6 Å². The summed E-state index contributed by atoms with van der Waals surface area (Å²) in [5, 5.41) is 0.711. The zero-order valence-corrected chi connectivity index (χ0v) is 15.9. The molecule has 0 saturated carbocycles. The lowest BCUT2D eigenvalue weighted by molar-refractivity contribution is 0.0393. The predicted octanol–water partition coefficient (Wildman–Crippen LogP) is 4.60. The number of thiophene rings is 1. The molecular weight excluding hydrogens is 386 g/mol. The van der Waals surface area contributed by atoms with E-state index in [1.54, 1.807) is 24.3 Å². The molecule has 4 rings (SSSR count). The van der Waals surface area contributed by atoms with E-state index < -0.39 is 19.1 Å². The maximum Gasteiger partial charge on any atom is 0.350 e. The van der Waals surface area contributed by atoms with Gasteiger partial charge in [-0.25, -0.2) is 14.8 Å². The highest BCUT2D eigenvalue weighted by Gasteiger charge is 2.23. The molecule has 9 heteroatoms. The molecule has 2 N–H and O–H groups in total. The maximum absolute atomic E-state index is 13.5.